The van der Waals surface area contributed by atoms with Crippen molar-refractivity contribution in [3.05, 3.63) is 137 Å². The summed E-state index contributed by atoms with van der Waals surface area (Å²) in [7, 11) is 0. The number of anilines is 1. The molecule has 1 aliphatic rings. The summed E-state index contributed by atoms with van der Waals surface area (Å²) in [6, 6.07) is 35.9. The van der Waals surface area contributed by atoms with E-state index in [0.29, 0.717) is 18.7 Å². The third-order valence-electron chi connectivity index (χ3n) is 7.58. The molecule has 1 amide bonds. The second-order valence-corrected chi connectivity index (χ2v) is 11.1. The first-order chi connectivity index (χ1) is 21.4. The van der Waals surface area contributed by atoms with Gasteiger partial charge in [0.25, 0.3) is 0 Å². The second kappa shape index (κ2) is 15.4. The van der Waals surface area contributed by atoms with Gasteiger partial charge in [0.05, 0.1) is 25.2 Å². The van der Waals surface area contributed by atoms with Gasteiger partial charge < -0.3 is 25.0 Å². The fourth-order valence-electron chi connectivity index (χ4n) is 5.40. The fraction of sp³-hybridized carbons (Fsp3) is 0.278. The van der Waals surface area contributed by atoms with Crippen LogP contribution in [0.2, 0.25) is 0 Å². The topological polar surface area (TPSA) is 108 Å². The van der Waals surface area contributed by atoms with Gasteiger partial charge in [-0.3, -0.25) is 14.5 Å². The van der Waals surface area contributed by atoms with Gasteiger partial charge >= 0.3 is 5.97 Å². The minimum Gasteiger partial charge on any atom is -0.481 e. The molecule has 0 radical (unpaired) electrons. The first-order valence-corrected chi connectivity index (χ1v) is 14.9. The van der Waals surface area contributed by atoms with E-state index in [1.54, 1.807) is 6.07 Å². The summed E-state index contributed by atoms with van der Waals surface area (Å²) < 4.78 is 13.1. The number of carboxylic acids is 1. The van der Waals surface area contributed by atoms with E-state index in [2.05, 4.69) is 58.7 Å². The molecular formula is C36H38N2O6. The Hall–Kier alpha value is -4.34. The first kappa shape index (κ1) is 31.1. The zero-order chi connectivity index (χ0) is 30.7. The van der Waals surface area contributed by atoms with Crippen molar-refractivity contribution in [2.24, 2.45) is 0 Å². The van der Waals surface area contributed by atoms with Gasteiger partial charge in [0.15, 0.2) is 6.29 Å². The minimum absolute atomic E-state index is 0.0287. The molecule has 0 spiro atoms. The Kier molecular flexibility index (Phi) is 10.9. The summed E-state index contributed by atoms with van der Waals surface area (Å²) in [5.74, 6) is -1.39. The van der Waals surface area contributed by atoms with Crippen LogP contribution in [0.3, 0.4) is 0 Å². The van der Waals surface area contributed by atoms with E-state index in [-0.39, 0.29) is 37.6 Å². The molecule has 0 aliphatic carbocycles. The highest BCUT2D eigenvalue weighted by atomic mass is 16.7. The molecule has 4 aromatic rings. The molecule has 1 aliphatic heterocycles. The maximum absolute atomic E-state index is 12.3. The molecule has 0 bridgehead atoms. The van der Waals surface area contributed by atoms with Crippen LogP contribution in [-0.2, 0) is 38.8 Å². The Morgan fingerprint density at radius 1 is 0.750 bits per heavy atom. The van der Waals surface area contributed by atoms with Crippen LogP contribution >= 0.6 is 0 Å². The van der Waals surface area contributed by atoms with Crippen molar-refractivity contribution in [3.63, 3.8) is 0 Å². The van der Waals surface area contributed by atoms with Crippen LogP contribution in [0.15, 0.2) is 109 Å². The summed E-state index contributed by atoms with van der Waals surface area (Å²) >= 11 is 0. The summed E-state index contributed by atoms with van der Waals surface area (Å²) in [5, 5.41) is 21.2. The number of hydrogen-bond acceptors (Lipinski definition) is 6. The highest BCUT2D eigenvalue weighted by Gasteiger charge is 2.33. The molecule has 8 heteroatoms. The maximum Gasteiger partial charge on any atom is 0.303 e. The molecule has 8 nitrogen and oxygen atoms in total. The van der Waals surface area contributed by atoms with Crippen molar-refractivity contribution in [1.29, 1.82) is 0 Å². The number of ether oxygens (including phenoxy) is 2. The molecule has 3 atom stereocenters. The number of nitrogens with one attached hydrogen (secondary N) is 1. The second-order valence-electron chi connectivity index (χ2n) is 11.1. The van der Waals surface area contributed by atoms with E-state index in [4.69, 9.17) is 14.6 Å². The van der Waals surface area contributed by atoms with Crippen molar-refractivity contribution in [2.75, 3.05) is 11.9 Å². The van der Waals surface area contributed by atoms with Crippen LogP contribution in [-0.4, -0.2) is 39.6 Å². The smallest absolute Gasteiger partial charge is 0.303 e. The zero-order valence-corrected chi connectivity index (χ0v) is 24.5. The molecule has 44 heavy (non-hydrogen) atoms. The monoisotopic (exact) mass is 594 g/mol. The average Bonchev–Trinajstić information content (AvgIpc) is 3.05. The van der Waals surface area contributed by atoms with Crippen LogP contribution in [0.4, 0.5) is 5.69 Å². The number of carboxylic acid groups (broad SMARTS) is 1. The molecular weight excluding hydrogens is 556 g/mol. The zero-order valence-electron chi connectivity index (χ0n) is 24.5. The largest absolute Gasteiger partial charge is 0.481 e. The third kappa shape index (κ3) is 9.08. The summed E-state index contributed by atoms with van der Waals surface area (Å²) in [6.45, 7) is 2.16. The standard InChI is InChI=1S/C36H38N2O6/c39-25-28-14-16-29(17-15-28)33-21-32(24-38(22-26-8-3-1-4-9-26)23-27-10-5-2-6-11-27)43-36(44-33)30-12-7-13-31(20-30)37-34(40)18-19-35(41)42/h1-17,20,32-33,36,39H,18-19,21-25H2,(H,37,40)(H,41,42)/t32-,33+,36+/m1/s1. The Bertz CT molecular complexity index is 1450. The highest BCUT2D eigenvalue weighted by molar-refractivity contribution is 5.92. The molecule has 4 aromatic carbocycles. The number of hydrogen-bond donors (Lipinski definition) is 3. The summed E-state index contributed by atoms with van der Waals surface area (Å²) in [5.41, 5.74) is 5.56. The molecule has 1 heterocycles. The summed E-state index contributed by atoms with van der Waals surface area (Å²) in [6.07, 6.45) is -0.819. The SMILES string of the molecule is O=C(O)CCC(=O)Nc1cccc([C@H]2O[C@@H](CN(Cc3ccccc3)Cc3ccccc3)C[C@@H](c3ccc(CO)cc3)O2)c1. The van der Waals surface area contributed by atoms with Gasteiger partial charge in [-0.2, -0.15) is 0 Å². The van der Waals surface area contributed by atoms with Gasteiger partial charge in [-0.15, -0.1) is 0 Å². The molecule has 3 N–H and O–H groups in total. The molecule has 1 fully saturated rings. The highest BCUT2D eigenvalue weighted by Crippen LogP contribution is 2.39. The maximum atomic E-state index is 12.3. The van der Waals surface area contributed by atoms with Gasteiger partial charge in [-0.1, -0.05) is 97.1 Å². The molecule has 228 valence electrons. The van der Waals surface area contributed by atoms with Gasteiger partial charge in [-0.05, 0) is 34.4 Å². The normalized spacial score (nSPS) is 18.2. The molecule has 0 unspecified atom stereocenters. The minimum atomic E-state index is -1.02. The van der Waals surface area contributed by atoms with Crippen LogP contribution < -0.4 is 5.32 Å². The Labute approximate surface area is 257 Å². The van der Waals surface area contributed by atoms with Crippen LogP contribution in [0.1, 0.15) is 59.5 Å². The van der Waals surface area contributed by atoms with Gasteiger partial charge in [-0.25, -0.2) is 0 Å². The van der Waals surface area contributed by atoms with E-state index >= 15 is 0 Å². The van der Waals surface area contributed by atoms with Crippen LogP contribution in [0.25, 0.3) is 0 Å². The van der Waals surface area contributed by atoms with E-state index in [1.807, 2.05) is 54.6 Å². The number of aliphatic carboxylic acids is 1. The van der Waals surface area contributed by atoms with Crippen molar-refractivity contribution >= 4 is 17.6 Å². The molecule has 0 aromatic heterocycles. The number of rotatable bonds is 13. The Morgan fingerprint density at radius 3 is 2.02 bits per heavy atom. The number of nitrogens with zero attached hydrogens (tertiary/aromatic N) is 1. The lowest BCUT2D eigenvalue weighted by molar-refractivity contribution is -0.253. The first-order valence-electron chi connectivity index (χ1n) is 14.9. The van der Waals surface area contributed by atoms with Gasteiger partial charge in [0, 0.05) is 43.7 Å². The number of aliphatic hydroxyl groups excluding tert-OH is 1. The third-order valence-corrected chi connectivity index (χ3v) is 7.58. The Balaban J connectivity index is 1.38. The fourth-order valence-corrected chi connectivity index (χ4v) is 5.40. The quantitative estimate of drug-likeness (QED) is 0.168. The van der Waals surface area contributed by atoms with E-state index in [9.17, 15) is 14.7 Å². The number of aliphatic hydroxyl groups is 1. The lowest BCUT2D eigenvalue weighted by Gasteiger charge is -2.38. The lowest BCUT2D eigenvalue weighted by atomic mass is 9.99. The number of amides is 1. The van der Waals surface area contributed by atoms with Crippen molar-refractivity contribution in [3.8, 4) is 0 Å². The van der Waals surface area contributed by atoms with Crippen LogP contribution in [0.5, 0.6) is 0 Å². The van der Waals surface area contributed by atoms with E-state index in [1.165, 1.54) is 11.1 Å². The van der Waals surface area contributed by atoms with Crippen LogP contribution in [0, 0.1) is 0 Å². The average molecular weight is 595 g/mol. The van der Waals surface area contributed by atoms with Gasteiger partial charge in [0.2, 0.25) is 5.91 Å². The predicted octanol–water partition coefficient (Wildman–Crippen LogP) is 6.23. The molecule has 0 saturated carbocycles. The predicted molar refractivity (Wildman–Crippen MR) is 167 cm³/mol. The molecule has 1 saturated heterocycles. The van der Waals surface area contributed by atoms with Crippen molar-refractivity contribution < 1.29 is 29.3 Å². The summed E-state index contributed by atoms with van der Waals surface area (Å²) in [4.78, 5) is 25.6. The Morgan fingerprint density at radius 2 is 1.41 bits per heavy atom. The van der Waals surface area contributed by atoms with E-state index < -0.39 is 12.3 Å². The van der Waals surface area contributed by atoms with E-state index in [0.717, 1.165) is 29.8 Å². The van der Waals surface area contributed by atoms with Gasteiger partial charge in [0.1, 0.15) is 0 Å². The number of carbonyl (C=O) groups excluding carboxylic acids is 1. The molecule has 5 rings (SSSR count). The number of benzene rings is 4. The van der Waals surface area contributed by atoms with Crippen molar-refractivity contribution in [1.82, 2.24) is 4.90 Å². The number of carbonyl (C=O) groups is 2. The van der Waals surface area contributed by atoms with Crippen molar-refractivity contribution in [2.45, 2.75) is 57.5 Å². The lowest BCUT2D eigenvalue weighted by Crippen LogP contribution is -2.39.